The van der Waals surface area contributed by atoms with E-state index in [1.807, 2.05) is 0 Å². The zero-order valence-corrected chi connectivity index (χ0v) is 12.7. The van der Waals surface area contributed by atoms with Crippen molar-refractivity contribution in [2.45, 2.75) is 50.4 Å². The van der Waals surface area contributed by atoms with Crippen LogP contribution in [0.15, 0.2) is 5.38 Å². The summed E-state index contributed by atoms with van der Waals surface area (Å²) in [6, 6.07) is 0. The molecule has 1 aromatic heterocycles. The van der Waals surface area contributed by atoms with E-state index in [-0.39, 0.29) is 5.97 Å². The van der Waals surface area contributed by atoms with Crippen LogP contribution in [0.3, 0.4) is 0 Å². The molecule has 4 fully saturated rings. The molecule has 0 spiro atoms. The number of rotatable bonds is 3. The lowest BCUT2D eigenvalue weighted by molar-refractivity contribution is -0.139. The van der Waals surface area contributed by atoms with Gasteiger partial charge in [-0.3, -0.25) is 4.79 Å². The molecule has 4 saturated carbocycles. The number of methoxy groups -OCH3 is 1. The summed E-state index contributed by atoms with van der Waals surface area (Å²) in [5.41, 5.74) is 1.25. The van der Waals surface area contributed by atoms with E-state index in [0.717, 1.165) is 23.4 Å². The highest BCUT2D eigenvalue weighted by Gasteiger charge is 2.52. The number of carbonyl (C=O) groups is 1. The largest absolute Gasteiger partial charge is 0.469 e. The normalized spacial score (nSPS) is 38.1. The maximum Gasteiger partial charge on any atom is 0.311 e. The molecule has 0 aromatic carbocycles. The van der Waals surface area contributed by atoms with Crippen LogP contribution in [0.4, 0.5) is 0 Å². The molecule has 4 aliphatic rings. The summed E-state index contributed by atoms with van der Waals surface area (Å²) < 4.78 is 4.74. The lowest BCUT2D eigenvalue weighted by Crippen LogP contribution is -2.48. The Morgan fingerprint density at radius 1 is 1.30 bits per heavy atom. The van der Waals surface area contributed by atoms with Gasteiger partial charge in [-0.15, -0.1) is 11.3 Å². The monoisotopic (exact) mass is 291 g/mol. The zero-order valence-electron chi connectivity index (χ0n) is 11.9. The van der Waals surface area contributed by atoms with Crippen LogP contribution in [0, 0.1) is 17.8 Å². The van der Waals surface area contributed by atoms with Crippen LogP contribution < -0.4 is 0 Å². The molecule has 4 aliphatic carbocycles. The summed E-state index contributed by atoms with van der Waals surface area (Å²) in [5, 5.41) is 3.36. The molecule has 0 radical (unpaired) electrons. The van der Waals surface area contributed by atoms with Crippen LogP contribution in [0.2, 0.25) is 0 Å². The topological polar surface area (TPSA) is 39.2 Å². The Balaban J connectivity index is 1.59. The van der Waals surface area contributed by atoms with Crippen LogP contribution in [-0.2, 0) is 21.4 Å². The molecule has 4 bridgehead atoms. The predicted molar refractivity (Wildman–Crippen MR) is 77.7 cm³/mol. The highest BCUT2D eigenvalue weighted by Crippen LogP contribution is 2.61. The number of nitrogens with zero attached hydrogens (tertiary/aromatic N) is 1. The van der Waals surface area contributed by atoms with Crippen molar-refractivity contribution in [2.75, 3.05) is 7.11 Å². The van der Waals surface area contributed by atoms with Gasteiger partial charge in [0.15, 0.2) is 0 Å². The first-order valence-corrected chi connectivity index (χ1v) is 8.56. The van der Waals surface area contributed by atoms with Crippen molar-refractivity contribution < 1.29 is 9.53 Å². The van der Waals surface area contributed by atoms with Crippen LogP contribution in [0.1, 0.15) is 49.2 Å². The van der Waals surface area contributed by atoms with Gasteiger partial charge in [-0.1, -0.05) is 0 Å². The Kier molecular flexibility index (Phi) is 2.92. The summed E-state index contributed by atoms with van der Waals surface area (Å²) in [6.45, 7) is 0. The van der Waals surface area contributed by atoms with Gasteiger partial charge in [0.05, 0.1) is 24.2 Å². The zero-order chi connectivity index (χ0) is 13.7. The standard InChI is InChI=1S/C16H21NO2S/c1-19-14(18)5-13-9-20-15(17-13)16-6-10-2-11(7-16)4-12(3-10)8-16/h9-12H,2-8H2,1H3. The number of esters is 1. The molecular weight excluding hydrogens is 270 g/mol. The fourth-order valence-electron chi connectivity index (χ4n) is 5.22. The molecule has 0 atom stereocenters. The first kappa shape index (κ1) is 12.8. The highest BCUT2D eigenvalue weighted by molar-refractivity contribution is 7.09. The molecule has 108 valence electrons. The van der Waals surface area contributed by atoms with Crippen molar-refractivity contribution in [3.8, 4) is 0 Å². The number of carbonyl (C=O) groups excluding carboxylic acids is 1. The summed E-state index contributed by atoms with van der Waals surface area (Å²) >= 11 is 1.77. The van der Waals surface area contributed by atoms with Crippen molar-refractivity contribution in [3.63, 3.8) is 0 Å². The van der Waals surface area contributed by atoms with Gasteiger partial charge in [-0.2, -0.15) is 0 Å². The van der Waals surface area contributed by atoms with E-state index in [9.17, 15) is 4.79 Å². The minimum atomic E-state index is -0.188. The van der Waals surface area contributed by atoms with Crippen molar-refractivity contribution in [1.82, 2.24) is 4.98 Å². The molecule has 3 nitrogen and oxygen atoms in total. The van der Waals surface area contributed by atoms with Gasteiger partial charge in [0.2, 0.25) is 0 Å². The summed E-state index contributed by atoms with van der Waals surface area (Å²) in [4.78, 5) is 16.2. The second-order valence-corrected chi connectivity index (χ2v) is 7.95. The van der Waals surface area contributed by atoms with Crippen LogP contribution >= 0.6 is 11.3 Å². The lowest BCUT2D eigenvalue weighted by Gasteiger charge is -2.56. The molecule has 0 amide bonds. The van der Waals surface area contributed by atoms with E-state index in [4.69, 9.17) is 9.72 Å². The van der Waals surface area contributed by atoms with Crippen LogP contribution in [0.25, 0.3) is 0 Å². The third kappa shape index (κ3) is 2.00. The number of hydrogen-bond acceptors (Lipinski definition) is 4. The smallest absolute Gasteiger partial charge is 0.311 e. The van der Waals surface area contributed by atoms with Crippen molar-refractivity contribution >= 4 is 17.3 Å². The first-order valence-electron chi connectivity index (χ1n) is 7.68. The first-order chi connectivity index (χ1) is 9.67. The van der Waals surface area contributed by atoms with Crippen molar-refractivity contribution in [1.29, 1.82) is 0 Å². The number of ether oxygens (including phenoxy) is 1. The van der Waals surface area contributed by atoms with Gasteiger partial charge in [-0.25, -0.2) is 4.98 Å². The minimum Gasteiger partial charge on any atom is -0.469 e. The molecule has 1 heterocycles. The average molecular weight is 291 g/mol. The van der Waals surface area contributed by atoms with Gasteiger partial charge < -0.3 is 4.74 Å². The summed E-state index contributed by atoms with van der Waals surface area (Å²) in [6.07, 6.45) is 8.71. The van der Waals surface area contributed by atoms with E-state index in [2.05, 4.69) is 5.38 Å². The lowest BCUT2D eigenvalue weighted by atomic mass is 9.50. The van der Waals surface area contributed by atoms with E-state index in [1.54, 1.807) is 11.3 Å². The SMILES string of the molecule is COC(=O)Cc1csc(C23CC4CC(CC(C4)C2)C3)n1. The maximum atomic E-state index is 11.4. The Morgan fingerprint density at radius 2 is 1.90 bits per heavy atom. The molecule has 0 saturated heterocycles. The molecule has 4 heteroatoms. The third-order valence-electron chi connectivity index (χ3n) is 5.60. The molecule has 0 unspecified atom stereocenters. The molecule has 5 rings (SSSR count). The van der Waals surface area contributed by atoms with E-state index in [0.29, 0.717) is 11.8 Å². The quantitative estimate of drug-likeness (QED) is 0.802. The van der Waals surface area contributed by atoms with E-state index in [1.165, 1.54) is 50.6 Å². The van der Waals surface area contributed by atoms with Crippen molar-refractivity contribution in [3.05, 3.63) is 16.1 Å². The second kappa shape index (κ2) is 4.55. The Morgan fingerprint density at radius 3 is 2.45 bits per heavy atom. The minimum absolute atomic E-state index is 0.188. The van der Waals surface area contributed by atoms with Crippen molar-refractivity contribution in [2.24, 2.45) is 17.8 Å². The number of hydrogen-bond donors (Lipinski definition) is 0. The Bertz CT molecular complexity index is 501. The van der Waals surface area contributed by atoms with Gasteiger partial charge in [0, 0.05) is 10.8 Å². The molecule has 20 heavy (non-hydrogen) atoms. The van der Waals surface area contributed by atoms with Gasteiger partial charge in [0.1, 0.15) is 0 Å². The van der Waals surface area contributed by atoms with Crippen LogP contribution in [-0.4, -0.2) is 18.1 Å². The van der Waals surface area contributed by atoms with Gasteiger partial charge in [-0.05, 0) is 56.3 Å². The number of aromatic nitrogens is 1. The fraction of sp³-hybridized carbons (Fsp3) is 0.750. The van der Waals surface area contributed by atoms with Gasteiger partial charge >= 0.3 is 5.97 Å². The summed E-state index contributed by atoms with van der Waals surface area (Å²) in [5.74, 6) is 2.63. The van der Waals surface area contributed by atoms with E-state index < -0.39 is 0 Å². The van der Waals surface area contributed by atoms with E-state index >= 15 is 0 Å². The molecule has 0 aliphatic heterocycles. The third-order valence-corrected chi connectivity index (χ3v) is 6.73. The van der Waals surface area contributed by atoms with Gasteiger partial charge in [0.25, 0.3) is 0 Å². The second-order valence-electron chi connectivity index (χ2n) is 7.09. The number of thiazole rings is 1. The highest BCUT2D eigenvalue weighted by atomic mass is 32.1. The predicted octanol–water partition coefficient (Wildman–Crippen LogP) is 3.33. The molecular formula is C16H21NO2S. The average Bonchev–Trinajstić information content (AvgIpc) is 2.86. The summed E-state index contributed by atoms with van der Waals surface area (Å²) in [7, 11) is 1.44. The Hall–Kier alpha value is -0.900. The Labute approximate surface area is 123 Å². The van der Waals surface area contributed by atoms with Crippen LogP contribution in [0.5, 0.6) is 0 Å². The maximum absolute atomic E-state index is 11.4. The fourth-order valence-corrected chi connectivity index (χ4v) is 6.28. The molecule has 0 N–H and O–H groups in total. The molecule has 1 aromatic rings.